The highest BCUT2D eigenvalue weighted by Gasteiger charge is 2.22. The van der Waals surface area contributed by atoms with Crippen molar-refractivity contribution in [2.45, 2.75) is 6.54 Å². The maximum absolute atomic E-state index is 13.8. The van der Waals surface area contributed by atoms with Crippen LogP contribution < -0.4 is 0 Å². The highest BCUT2D eigenvalue weighted by Crippen LogP contribution is 2.42. The second kappa shape index (κ2) is 9.06. The Labute approximate surface area is 200 Å². The SMILES string of the molecule is CN(C)C(=O)Cn1cc2c(-c3ccc(F)cc3)c(-c3ccncc3)c(-c3ccc(F)cc3)nc2n1. The number of amides is 1. The average molecular weight is 469 g/mol. The van der Waals surface area contributed by atoms with Gasteiger partial charge in [0, 0.05) is 54.8 Å². The summed E-state index contributed by atoms with van der Waals surface area (Å²) >= 11 is 0. The van der Waals surface area contributed by atoms with Gasteiger partial charge in [-0.25, -0.2) is 13.8 Å². The monoisotopic (exact) mass is 469 g/mol. The number of fused-ring (bicyclic) bond motifs is 1. The maximum Gasteiger partial charge on any atom is 0.243 e. The molecule has 3 heterocycles. The maximum atomic E-state index is 13.8. The molecule has 35 heavy (non-hydrogen) atoms. The molecule has 0 N–H and O–H groups in total. The van der Waals surface area contributed by atoms with Crippen molar-refractivity contribution < 1.29 is 13.6 Å². The standard InChI is InChI=1S/C27H21F2N5O/c1-33(2)23(35)16-34-15-22-24(17-3-7-20(28)8-4-17)25(18-11-13-30-14-12-18)26(31-27(22)32-34)19-5-9-21(29)10-6-19/h3-15H,16H2,1-2H3. The summed E-state index contributed by atoms with van der Waals surface area (Å²) in [5, 5.41) is 5.28. The molecule has 2 aromatic carbocycles. The molecule has 0 saturated carbocycles. The Kier molecular flexibility index (Phi) is 5.78. The van der Waals surface area contributed by atoms with Gasteiger partial charge in [-0.05, 0) is 59.7 Å². The normalized spacial score (nSPS) is 11.1. The third-order valence-electron chi connectivity index (χ3n) is 5.73. The highest BCUT2D eigenvalue weighted by atomic mass is 19.1. The van der Waals surface area contributed by atoms with E-state index in [1.54, 1.807) is 61.6 Å². The zero-order chi connectivity index (χ0) is 24.5. The summed E-state index contributed by atoms with van der Waals surface area (Å²) in [4.78, 5) is 22.8. The Balaban J connectivity index is 1.86. The number of carbonyl (C=O) groups is 1. The first-order chi connectivity index (χ1) is 16.9. The van der Waals surface area contributed by atoms with E-state index in [9.17, 15) is 13.6 Å². The minimum Gasteiger partial charge on any atom is -0.347 e. The van der Waals surface area contributed by atoms with Crippen molar-refractivity contribution in [3.8, 4) is 33.5 Å². The Morgan fingerprint density at radius 2 is 1.40 bits per heavy atom. The van der Waals surface area contributed by atoms with Crippen LogP contribution in [0.15, 0.2) is 79.3 Å². The minimum absolute atomic E-state index is 0.0443. The fraction of sp³-hybridized carbons (Fsp3) is 0.111. The van der Waals surface area contributed by atoms with E-state index in [4.69, 9.17) is 4.98 Å². The molecule has 3 aromatic heterocycles. The van der Waals surface area contributed by atoms with Gasteiger partial charge in [0.2, 0.25) is 5.91 Å². The van der Waals surface area contributed by atoms with Gasteiger partial charge >= 0.3 is 0 Å². The third kappa shape index (κ3) is 4.38. The van der Waals surface area contributed by atoms with Crippen LogP contribution in [0.1, 0.15) is 0 Å². The summed E-state index contributed by atoms with van der Waals surface area (Å²) in [6, 6.07) is 16.0. The summed E-state index contributed by atoms with van der Waals surface area (Å²) in [5.74, 6) is -0.824. The summed E-state index contributed by atoms with van der Waals surface area (Å²) in [6.45, 7) is 0.0443. The quantitative estimate of drug-likeness (QED) is 0.355. The molecule has 0 aliphatic carbocycles. The smallest absolute Gasteiger partial charge is 0.243 e. The van der Waals surface area contributed by atoms with Crippen molar-refractivity contribution >= 4 is 16.9 Å². The number of rotatable bonds is 5. The average Bonchev–Trinajstić information content (AvgIpc) is 3.26. The molecule has 6 nitrogen and oxygen atoms in total. The lowest BCUT2D eigenvalue weighted by atomic mass is 9.90. The molecule has 0 spiro atoms. The third-order valence-corrected chi connectivity index (χ3v) is 5.73. The van der Waals surface area contributed by atoms with Crippen LogP contribution in [0.2, 0.25) is 0 Å². The molecular formula is C27H21F2N5O. The molecular weight excluding hydrogens is 448 g/mol. The van der Waals surface area contributed by atoms with Crippen molar-refractivity contribution in [1.29, 1.82) is 0 Å². The fourth-order valence-corrected chi connectivity index (χ4v) is 3.98. The van der Waals surface area contributed by atoms with E-state index >= 15 is 0 Å². The number of hydrogen-bond acceptors (Lipinski definition) is 4. The van der Waals surface area contributed by atoms with Gasteiger partial charge in [-0.2, -0.15) is 5.10 Å². The molecule has 0 fully saturated rings. The topological polar surface area (TPSA) is 63.9 Å². The van der Waals surface area contributed by atoms with E-state index in [-0.39, 0.29) is 24.1 Å². The Bertz CT molecular complexity index is 1510. The van der Waals surface area contributed by atoms with Crippen LogP contribution in [0.5, 0.6) is 0 Å². The molecule has 0 aliphatic rings. The molecule has 0 aliphatic heterocycles. The van der Waals surface area contributed by atoms with Gasteiger partial charge in [0.1, 0.15) is 18.2 Å². The predicted octanol–water partition coefficient (Wildman–Crippen LogP) is 5.19. The summed E-state index contributed by atoms with van der Waals surface area (Å²) < 4.78 is 29.1. The van der Waals surface area contributed by atoms with Crippen LogP contribution in [-0.2, 0) is 11.3 Å². The van der Waals surface area contributed by atoms with Crippen LogP contribution >= 0.6 is 0 Å². The second-order valence-electron chi connectivity index (χ2n) is 8.31. The zero-order valence-corrected chi connectivity index (χ0v) is 19.1. The van der Waals surface area contributed by atoms with Gasteiger partial charge in [0.15, 0.2) is 5.65 Å². The first kappa shape index (κ1) is 22.3. The van der Waals surface area contributed by atoms with Crippen molar-refractivity contribution in [2.24, 2.45) is 0 Å². The number of aromatic nitrogens is 4. The van der Waals surface area contributed by atoms with E-state index in [0.717, 1.165) is 22.3 Å². The lowest BCUT2D eigenvalue weighted by Gasteiger charge is -2.16. The zero-order valence-electron chi connectivity index (χ0n) is 19.1. The van der Waals surface area contributed by atoms with Gasteiger partial charge in [0.25, 0.3) is 0 Å². The van der Waals surface area contributed by atoms with E-state index in [1.165, 1.54) is 29.2 Å². The Hall–Kier alpha value is -4.46. The lowest BCUT2D eigenvalue weighted by molar-refractivity contribution is -0.129. The number of nitrogens with zero attached hydrogens (tertiary/aromatic N) is 5. The first-order valence-corrected chi connectivity index (χ1v) is 10.9. The van der Waals surface area contributed by atoms with Crippen molar-refractivity contribution in [3.63, 3.8) is 0 Å². The van der Waals surface area contributed by atoms with Gasteiger partial charge < -0.3 is 4.90 Å². The molecule has 5 rings (SSSR count). The second-order valence-corrected chi connectivity index (χ2v) is 8.31. The molecule has 5 aromatic rings. The predicted molar refractivity (Wildman–Crippen MR) is 130 cm³/mol. The largest absolute Gasteiger partial charge is 0.347 e. The van der Waals surface area contributed by atoms with Crippen molar-refractivity contribution in [2.75, 3.05) is 14.1 Å². The van der Waals surface area contributed by atoms with Crippen LogP contribution in [0.25, 0.3) is 44.5 Å². The van der Waals surface area contributed by atoms with Crippen LogP contribution in [0.4, 0.5) is 8.78 Å². The van der Waals surface area contributed by atoms with Gasteiger partial charge in [-0.15, -0.1) is 0 Å². The number of carbonyl (C=O) groups excluding carboxylic acids is 1. The Morgan fingerprint density at radius 1 is 0.829 bits per heavy atom. The molecule has 0 atom stereocenters. The van der Waals surface area contributed by atoms with Gasteiger partial charge in [0.05, 0.1) is 5.69 Å². The van der Waals surface area contributed by atoms with E-state index < -0.39 is 0 Å². The van der Waals surface area contributed by atoms with E-state index in [1.807, 2.05) is 12.1 Å². The number of hydrogen-bond donors (Lipinski definition) is 0. The Morgan fingerprint density at radius 3 is 2.00 bits per heavy atom. The number of likely N-dealkylation sites (N-methyl/N-ethyl adjacent to an activating group) is 1. The van der Waals surface area contributed by atoms with Gasteiger partial charge in [-0.3, -0.25) is 14.5 Å². The highest BCUT2D eigenvalue weighted by molar-refractivity contribution is 6.06. The van der Waals surface area contributed by atoms with Crippen molar-refractivity contribution in [3.05, 3.63) is 90.9 Å². The van der Waals surface area contributed by atoms with Crippen molar-refractivity contribution in [1.82, 2.24) is 24.6 Å². The van der Waals surface area contributed by atoms with E-state index in [0.29, 0.717) is 22.3 Å². The van der Waals surface area contributed by atoms with Crippen LogP contribution in [0, 0.1) is 11.6 Å². The first-order valence-electron chi connectivity index (χ1n) is 10.9. The molecule has 0 bridgehead atoms. The summed E-state index contributed by atoms with van der Waals surface area (Å²) in [6.07, 6.45) is 5.14. The number of pyridine rings is 2. The number of benzene rings is 2. The minimum atomic E-state index is -0.356. The summed E-state index contributed by atoms with van der Waals surface area (Å²) in [7, 11) is 3.36. The lowest BCUT2D eigenvalue weighted by Crippen LogP contribution is -2.26. The molecule has 174 valence electrons. The number of halogens is 2. The summed E-state index contributed by atoms with van der Waals surface area (Å²) in [5.41, 5.74) is 4.86. The van der Waals surface area contributed by atoms with Crippen LogP contribution in [-0.4, -0.2) is 44.7 Å². The molecule has 8 heteroatoms. The molecule has 0 radical (unpaired) electrons. The molecule has 1 amide bonds. The van der Waals surface area contributed by atoms with Crippen LogP contribution in [0.3, 0.4) is 0 Å². The molecule has 0 saturated heterocycles. The van der Waals surface area contributed by atoms with Gasteiger partial charge in [-0.1, -0.05) is 12.1 Å². The fourth-order valence-electron chi connectivity index (χ4n) is 3.98. The van der Waals surface area contributed by atoms with E-state index in [2.05, 4.69) is 10.1 Å². The molecule has 0 unspecified atom stereocenters.